The van der Waals surface area contributed by atoms with Gasteiger partial charge in [-0.2, -0.15) is 0 Å². The number of carboxylic acid groups (broad SMARTS) is 1. The second-order valence-corrected chi connectivity index (χ2v) is 8.08. The molecule has 0 aliphatic heterocycles. The summed E-state index contributed by atoms with van der Waals surface area (Å²) in [6.45, 7) is 0. The highest BCUT2D eigenvalue weighted by atomic mass is 35.5. The Morgan fingerprint density at radius 2 is 1.59 bits per heavy atom. The second-order valence-electron chi connectivity index (χ2n) is 7.64. The number of aliphatic hydroxyl groups excluding tert-OH is 1. The molecule has 176 valence electrons. The lowest BCUT2D eigenvalue weighted by molar-refractivity contribution is -0.147. The molecule has 0 radical (unpaired) electrons. The molecule has 0 heterocycles. The molecule has 5 N–H and O–H groups in total. The smallest absolute Gasteiger partial charge is 0.332 e. The van der Waals surface area contributed by atoms with E-state index in [0.29, 0.717) is 5.02 Å². The summed E-state index contributed by atoms with van der Waals surface area (Å²) in [6.07, 6.45) is -1.85. The minimum absolute atomic E-state index is 0.0568. The average molecular weight is 483 g/mol. The van der Waals surface area contributed by atoms with Crippen molar-refractivity contribution in [2.75, 3.05) is 5.32 Å². The van der Waals surface area contributed by atoms with Crippen LogP contribution in [0.3, 0.4) is 0 Å². The number of carbonyl (C=O) groups is 3. The summed E-state index contributed by atoms with van der Waals surface area (Å²) in [5.74, 6) is -3.70. The molecule has 8 nitrogen and oxygen atoms in total. The topological polar surface area (TPSA) is 136 Å². The number of carboxylic acids is 1. The molecule has 0 aliphatic carbocycles. The van der Waals surface area contributed by atoms with Gasteiger partial charge in [-0.1, -0.05) is 60.1 Å². The second kappa shape index (κ2) is 11.3. The van der Waals surface area contributed by atoms with Gasteiger partial charge in [0.15, 0.2) is 6.10 Å². The fourth-order valence-corrected chi connectivity index (χ4v) is 3.55. The number of para-hydroxylation sites is 2. The number of carbonyl (C=O) groups excluding carboxylic acids is 2. The highest BCUT2D eigenvalue weighted by molar-refractivity contribution is 6.39. The van der Waals surface area contributed by atoms with Crippen LogP contribution < -0.4 is 10.6 Å². The van der Waals surface area contributed by atoms with Crippen molar-refractivity contribution in [3.8, 4) is 16.9 Å². The maximum Gasteiger partial charge on any atom is 0.332 e. The Hall–Kier alpha value is -3.88. The molecule has 0 aliphatic rings. The number of halogens is 1. The van der Waals surface area contributed by atoms with Crippen molar-refractivity contribution in [1.82, 2.24) is 5.32 Å². The van der Waals surface area contributed by atoms with Crippen LogP contribution in [0.1, 0.15) is 12.0 Å². The van der Waals surface area contributed by atoms with Gasteiger partial charge >= 0.3 is 17.8 Å². The molecule has 2 amide bonds. The van der Waals surface area contributed by atoms with Crippen molar-refractivity contribution >= 4 is 35.1 Å². The number of benzene rings is 3. The molecule has 3 rings (SSSR count). The third kappa shape index (κ3) is 6.81. The number of rotatable bonds is 8. The highest BCUT2D eigenvalue weighted by Crippen LogP contribution is 2.24. The van der Waals surface area contributed by atoms with Gasteiger partial charge in [0.1, 0.15) is 5.75 Å². The number of phenolic OH excluding ortho intramolecular Hbond substituents is 1. The predicted molar refractivity (Wildman–Crippen MR) is 128 cm³/mol. The molecular weight excluding hydrogens is 460 g/mol. The Kier molecular flexibility index (Phi) is 8.24. The van der Waals surface area contributed by atoms with Crippen LogP contribution >= 0.6 is 11.6 Å². The highest BCUT2D eigenvalue weighted by Gasteiger charge is 2.25. The lowest BCUT2D eigenvalue weighted by atomic mass is 9.98. The number of anilines is 1. The first-order valence-corrected chi connectivity index (χ1v) is 10.8. The largest absolute Gasteiger partial charge is 0.506 e. The van der Waals surface area contributed by atoms with Crippen LogP contribution in [-0.4, -0.2) is 45.2 Å². The maximum atomic E-state index is 12.4. The summed E-state index contributed by atoms with van der Waals surface area (Å²) in [7, 11) is 0. The molecule has 3 aromatic carbocycles. The van der Waals surface area contributed by atoms with E-state index in [-0.39, 0.29) is 24.3 Å². The normalized spacial score (nSPS) is 12.4. The van der Waals surface area contributed by atoms with Gasteiger partial charge in [0.2, 0.25) is 0 Å². The number of hydrogen-bond donors (Lipinski definition) is 5. The fraction of sp³-hybridized carbons (Fsp3) is 0.160. The van der Waals surface area contributed by atoms with E-state index in [1.54, 1.807) is 18.2 Å². The molecule has 0 fully saturated rings. The summed E-state index contributed by atoms with van der Waals surface area (Å²) < 4.78 is 0. The Labute approximate surface area is 200 Å². The van der Waals surface area contributed by atoms with Gasteiger partial charge in [-0.3, -0.25) is 9.59 Å². The Bertz CT molecular complexity index is 1180. The molecular formula is C25H23ClN2O6. The number of nitrogens with one attached hydrogen (secondary N) is 2. The fourth-order valence-electron chi connectivity index (χ4n) is 3.36. The van der Waals surface area contributed by atoms with Gasteiger partial charge in [0, 0.05) is 17.5 Å². The lowest BCUT2D eigenvalue weighted by Gasteiger charge is -2.20. The molecule has 0 aromatic heterocycles. The molecule has 0 saturated carbocycles. The number of phenols is 1. The van der Waals surface area contributed by atoms with E-state index < -0.39 is 29.9 Å². The molecule has 0 spiro atoms. The third-order valence-corrected chi connectivity index (χ3v) is 5.32. The Morgan fingerprint density at radius 3 is 2.24 bits per heavy atom. The molecule has 3 aromatic rings. The molecule has 2 atom stereocenters. The SMILES string of the molecule is O=C(Nc1ccccc1O)C(=O)N[C@H](Cc1ccc(-c2cccc(Cl)c2)cc1)C[C@@H](O)C(=O)O. The van der Waals surface area contributed by atoms with Crippen LogP contribution in [0, 0.1) is 0 Å². The first-order valence-electron chi connectivity index (χ1n) is 10.4. The van der Waals surface area contributed by atoms with E-state index in [4.69, 9.17) is 16.7 Å². The number of amides is 2. The molecule has 0 unspecified atom stereocenters. The first kappa shape index (κ1) is 24.8. The number of aliphatic carboxylic acids is 1. The van der Waals surface area contributed by atoms with E-state index >= 15 is 0 Å². The summed E-state index contributed by atoms with van der Waals surface area (Å²) >= 11 is 6.04. The summed E-state index contributed by atoms with van der Waals surface area (Å²) in [5.41, 5.74) is 2.65. The summed E-state index contributed by atoms with van der Waals surface area (Å²) in [6, 6.07) is 19.8. The van der Waals surface area contributed by atoms with Crippen molar-refractivity contribution < 1.29 is 29.7 Å². The number of aliphatic hydroxyl groups is 1. The van der Waals surface area contributed by atoms with Crippen LogP contribution in [-0.2, 0) is 20.8 Å². The summed E-state index contributed by atoms with van der Waals surface area (Å²) in [4.78, 5) is 35.8. The Balaban J connectivity index is 1.71. The van der Waals surface area contributed by atoms with E-state index in [1.165, 1.54) is 12.1 Å². The minimum atomic E-state index is -1.72. The van der Waals surface area contributed by atoms with Crippen molar-refractivity contribution in [1.29, 1.82) is 0 Å². The zero-order chi connectivity index (χ0) is 24.7. The maximum absolute atomic E-state index is 12.4. The minimum Gasteiger partial charge on any atom is -0.506 e. The molecule has 0 saturated heterocycles. The van der Waals surface area contributed by atoms with Gasteiger partial charge < -0.3 is 26.0 Å². The van der Waals surface area contributed by atoms with Gasteiger partial charge in [-0.05, 0) is 47.4 Å². The average Bonchev–Trinajstić information content (AvgIpc) is 2.80. The van der Waals surface area contributed by atoms with Crippen LogP contribution in [0.15, 0.2) is 72.8 Å². The Morgan fingerprint density at radius 1 is 0.882 bits per heavy atom. The van der Waals surface area contributed by atoms with E-state index in [2.05, 4.69) is 10.6 Å². The van der Waals surface area contributed by atoms with E-state index in [0.717, 1.165) is 16.7 Å². The van der Waals surface area contributed by atoms with Crippen molar-refractivity contribution in [3.05, 3.63) is 83.4 Å². The van der Waals surface area contributed by atoms with E-state index in [1.807, 2.05) is 42.5 Å². The van der Waals surface area contributed by atoms with Crippen molar-refractivity contribution in [2.45, 2.75) is 25.0 Å². The lowest BCUT2D eigenvalue weighted by Crippen LogP contribution is -2.45. The third-order valence-electron chi connectivity index (χ3n) is 5.08. The van der Waals surface area contributed by atoms with Crippen molar-refractivity contribution in [3.63, 3.8) is 0 Å². The van der Waals surface area contributed by atoms with Crippen LogP contribution in [0.4, 0.5) is 5.69 Å². The van der Waals surface area contributed by atoms with Crippen LogP contribution in [0.2, 0.25) is 5.02 Å². The number of aromatic hydroxyl groups is 1. The number of hydrogen-bond acceptors (Lipinski definition) is 5. The molecule has 34 heavy (non-hydrogen) atoms. The van der Waals surface area contributed by atoms with Crippen LogP contribution in [0.25, 0.3) is 11.1 Å². The van der Waals surface area contributed by atoms with Gasteiger partial charge in [-0.15, -0.1) is 0 Å². The van der Waals surface area contributed by atoms with Gasteiger partial charge in [0.05, 0.1) is 5.69 Å². The first-order chi connectivity index (χ1) is 16.2. The monoisotopic (exact) mass is 482 g/mol. The quantitative estimate of drug-likeness (QED) is 0.247. The van der Waals surface area contributed by atoms with Gasteiger partial charge in [0.25, 0.3) is 0 Å². The van der Waals surface area contributed by atoms with Crippen molar-refractivity contribution in [2.24, 2.45) is 0 Å². The molecule has 0 bridgehead atoms. The van der Waals surface area contributed by atoms with E-state index in [9.17, 15) is 24.6 Å². The zero-order valence-electron chi connectivity index (χ0n) is 17.9. The standard InChI is InChI=1S/C25H23ClN2O6/c26-18-5-3-4-17(13-18)16-10-8-15(9-11-16)12-19(14-22(30)25(33)34)27-23(31)24(32)28-20-6-1-2-7-21(20)29/h1-11,13,19,22,29-30H,12,14H2,(H,27,31)(H,28,32)(H,33,34)/t19-,22-/m1/s1. The zero-order valence-corrected chi connectivity index (χ0v) is 18.7. The summed E-state index contributed by atoms with van der Waals surface area (Å²) in [5, 5.41) is 34.0. The van der Waals surface area contributed by atoms with Gasteiger partial charge in [-0.25, -0.2) is 4.79 Å². The molecule has 9 heteroatoms. The van der Waals surface area contributed by atoms with Crippen LogP contribution in [0.5, 0.6) is 5.75 Å². The predicted octanol–water partition coefficient (Wildman–Crippen LogP) is 3.21.